The van der Waals surface area contributed by atoms with E-state index in [2.05, 4.69) is 115 Å². The van der Waals surface area contributed by atoms with E-state index in [9.17, 15) is 5.11 Å². The molecule has 0 bridgehead atoms. The van der Waals surface area contributed by atoms with Crippen LogP contribution in [0.4, 0.5) is 0 Å². The highest BCUT2D eigenvalue weighted by atomic mass is 16.7. The Morgan fingerprint density at radius 1 is 0.673 bits per heavy atom. The number of aromatic hydroxyl groups is 1. The maximum absolute atomic E-state index is 9.82. The molecule has 1 saturated heterocycles. The van der Waals surface area contributed by atoms with Gasteiger partial charge in [-0.2, -0.15) is 0 Å². The molecule has 0 radical (unpaired) electrons. The van der Waals surface area contributed by atoms with Crippen molar-refractivity contribution < 1.29 is 19.3 Å². The number of benzene rings is 4. The van der Waals surface area contributed by atoms with Crippen LogP contribution >= 0.6 is 0 Å². The van der Waals surface area contributed by atoms with Crippen LogP contribution in [0.15, 0.2) is 72.8 Å². The van der Waals surface area contributed by atoms with E-state index < -0.39 is 5.79 Å². The highest BCUT2D eigenvalue weighted by molar-refractivity contribution is 5.51. The molecule has 1 aliphatic heterocycles. The lowest BCUT2D eigenvalue weighted by Gasteiger charge is -2.34. The zero-order valence-electron chi connectivity index (χ0n) is 33.1. The van der Waals surface area contributed by atoms with Gasteiger partial charge in [0.15, 0.2) is 5.79 Å². The summed E-state index contributed by atoms with van der Waals surface area (Å²) < 4.78 is 17.6. The molecule has 0 aromatic heterocycles. The van der Waals surface area contributed by atoms with Crippen LogP contribution in [0.2, 0.25) is 0 Å². The van der Waals surface area contributed by atoms with Crippen molar-refractivity contribution in [2.75, 3.05) is 13.2 Å². The molecule has 1 N–H and O–H groups in total. The van der Waals surface area contributed by atoms with Gasteiger partial charge in [-0.05, 0) is 136 Å². The maximum Gasteiger partial charge on any atom is 0.163 e. The van der Waals surface area contributed by atoms with Gasteiger partial charge < -0.3 is 19.3 Å². The van der Waals surface area contributed by atoms with Crippen LogP contribution in [0, 0.1) is 52.4 Å². The van der Waals surface area contributed by atoms with Crippen molar-refractivity contribution in [3.05, 3.63) is 128 Å². The van der Waals surface area contributed by atoms with Crippen LogP contribution in [0.25, 0.3) is 0 Å². The van der Waals surface area contributed by atoms with E-state index in [1.54, 1.807) is 6.07 Å². The SMILES string of the molecule is C#Cc1ccc(C(CC)(CC)c2ccc(O)c(C)c2)cc1C.C#Cc1ccc(C(CC)(CC)c2ccc(OC[C@@H]3COC(C)(C)O3)c(C)c2)cc1C. The molecule has 0 saturated carbocycles. The highest BCUT2D eigenvalue weighted by Crippen LogP contribution is 2.42. The fraction of sp³-hybridized carbons (Fsp3) is 0.417. The van der Waals surface area contributed by atoms with E-state index in [1.807, 2.05) is 32.9 Å². The van der Waals surface area contributed by atoms with Crippen molar-refractivity contribution in [1.82, 2.24) is 0 Å². The Hall–Kier alpha value is -4.48. The average Bonchev–Trinajstić information content (AvgIpc) is 3.49. The predicted octanol–water partition coefficient (Wildman–Crippen LogP) is 11.0. The molecule has 5 rings (SSSR count). The second-order valence-electron chi connectivity index (χ2n) is 14.7. The molecule has 1 heterocycles. The molecule has 0 aliphatic carbocycles. The van der Waals surface area contributed by atoms with Gasteiger partial charge in [-0.25, -0.2) is 0 Å². The van der Waals surface area contributed by atoms with Crippen LogP contribution in [0.5, 0.6) is 11.5 Å². The number of aryl methyl sites for hydroxylation is 4. The van der Waals surface area contributed by atoms with E-state index in [4.69, 9.17) is 27.1 Å². The van der Waals surface area contributed by atoms with Gasteiger partial charge in [0.25, 0.3) is 0 Å². The fourth-order valence-corrected chi connectivity index (χ4v) is 7.80. The number of rotatable bonds is 11. The van der Waals surface area contributed by atoms with Gasteiger partial charge in [0, 0.05) is 22.0 Å². The summed E-state index contributed by atoms with van der Waals surface area (Å²) in [7, 11) is 0. The lowest BCUT2D eigenvalue weighted by Crippen LogP contribution is -2.27. The lowest BCUT2D eigenvalue weighted by atomic mass is 9.70. The van der Waals surface area contributed by atoms with Crippen molar-refractivity contribution >= 4 is 0 Å². The molecule has 274 valence electrons. The molecule has 1 atom stereocenters. The van der Waals surface area contributed by atoms with E-state index in [1.165, 1.54) is 22.3 Å². The Kier molecular flexibility index (Phi) is 13.1. The Morgan fingerprint density at radius 3 is 1.46 bits per heavy atom. The molecule has 1 aliphatic rings. The molecule has 0 spiro atoms. The maximum atomic E-state index is 9.82. The first-order valence-corrected chi connectivity index (χ1v) is 18.7. The van der Waals surface area contributed by atoms with Crippen molar-refractivity contribution in [1.29, 1.82) is 0 Å². The lowest BCUT2D eigenvalue weighted by molar-refractivity contribution is -0.141. The normalized spacial score (nSPS) is 15.3. The van der Waals surface area contributed by atoms with Gasteiger partial charge in [-0.15, -0.1) is 12.8 Å². The Labute approximate surface area is 313 Å². The third kappa shape index (κ3) is 8.42. The number of hydrogen-bond acceptors (Lipinski definition) is 4. The summed E-state index contributed by atoms with van der Waals surface area (Å²) in [6.07, 6.45) is 15.2. The zero-order valence-corrected chi connectivity index (χ0v) is 33.1. The molecular weight excluding hydrogens is 641 g/mol. The summed E-state index contributed by atoms with van der Waals surface area (Å²) in [6, 6.07) is 25.4. The molecular formula is C48H58O4. The molecule has 0 amide bonds. The molecule has 4 aromatic carbocycles. The van der Waals surface area contributed by atoms with Gasteiger partial charge in [0.1, 0.15) is 24.2 Å². The first kappa shape index (κ1) is 40.3. The zero-order chi connectivity index (χ0) is 38.3. The largest absolute Gasteiger partial charge is 0.508 e. The monoisotopic (exact) mass is 698 g/mol. The van der Waals surface area contributed by atoms with Gasteiger partial charge in [0.2, 0.25) is 0 Å². The predicted molar refractivity (Wildman–Crippen MR) is 215 cm³/mol. The van der Waals surface area contributed by atoms with Crippen LogP contribution in [0.1, 0.15) is 123 Å². The van der Waals surface area contributed by atoms with E-state index >= 15 is 0 Å². The minimum Gasteiger partial charge on any atom is -0.508 e. The third-order valence-corrected chi connectivity index (χ3v) is 11.3. The van der Waals surface area contributed by atoms with Crippen LogP contribution in [0.3, 0.4) is 0 Å². The summed E-state index contributed by atoms with van der Waals surface area (Å²) in [5.41, 5.74) is 11.3. The third-order valence-electron chi connectivity index (χ3n) is 11.3. The summed E-state index contributed by atoms with van der Waals surface area (Å²) >= 11 is 0. The average molecular weight is 699 g/mol. The summed E-state index contributed by atoms with van der Waals surface area (Å²) in [5, 5.41) is 9.82. The highest BCUT2D eigenvalue weighted by Gasteiger charge is 2.34. The Morgan fingerprint density at radius 2 is 1.10 bits per heavy atom. The second kappa shape index (κ2) is 16.9. The van der Waals surface area contributed by atoms with Crippen molar-refractivity contribution in [2.45, 2.75) is 118 Å². The van der Waals surface area contributed by atoms with Crippen molar-refractivity contribution in [2.24, 2.45) is 0 Å². The number of phenols is 1. The quantitative estimate of drug-likeness (QED) is 0.158. The Bertz CT molecular complexity index is 1930. The van der Waals surface area contributed by atoms with Crippen LogP contribution in [-0.4, -0.2) is 30.2 Å². The Balaban J connectivity index is 0.000000244. The molecule has 52 heavy (non-hydrogen) atoms. The van der Waals surface area contributed by atoms with Gasteiger partial charge in [0.05, 0.1) is 6.61 Å². The topological polar surface area (TPSA) is 47.9 Å². The first-order chi connectivity index (χ1) is 24.7. The van der Waals surface area contributed by atoms with E-state index in [-0.39, 0.29) is 16.9 Å². The molecule has 1 fully saturated rings. The second-order valence-corrected chi connectivity index (χ2v) is 14.7. The van der Waals surface area contributed by atoms with Crippen molar-refractivity contribution in [3.63, 3.8) is 0 Å². The smallest absolute Gasteiger partial charge is 0.163 e. The number of terminal acetylenes is 2. The van der Waals surface area contributed by atoms with Crippen molar-refractivity contribution in [3.8, 4) is 36.2 Å². The summed E-state index contributed by atoms with van der Waals surface area (Å²) in [4.78, 5) is 0. The molecule has 4 aromatic rings. The minimum atomic E-state index is -0.526. The van der Waals surface area contributed by atoms with E-state index in [0.29, 0.717) is 19.0 Å². The van der Waals surface area contributed by atoms with E-state index in [0.717, 1.165) is 64.8 Å². The number of hydrogen-bond donors (Lipinski definition) is 1. The minimum absolute atomic E-state index is 0.0397. The number of phenolic OH excluding ortho intramolecular Hbond substituents is 1. The first-order valence-electron chi connectivity index (χ1n) is 18.7. The molecule has 0 unspecified atom stereocenters. The molecule has 4 nitrogen and oxygen atoms in total. The summed E-state index contributed by atoms with van der Waals surface area (Å²) in [6.45, 7) is 22.1. The van der Waals surface area contributed by atoms with Gasteiger partial charge in [-0.1, -0.05) is 88.1 Å². The van der Waals surface area contributed by atoms with Crippen LogP contribution in [-0.2, 0) is 20.3 Å². The number of ether oxygens (including phenoxy) is 3. The van der Waals surface area contributed by atoms with Gasteiger partial charge in [-0.3, -0.25) is 0 Å². The van der Waals surface area contributed by atoms with Crippen LogP contribution < -0.4 is 4.74 Å². The summed E-state index contributed by atoms with van der Waals surface area (Å²) in [5.74, 6) is 6.23. The fourth-order valence-electron chi connectivity index (χ4n) is 7.80. The van der Waals surface area contributed by atoms with Gasteiger partial charge >= 0.3 is 0 Å². The standard InChI is InChI=1S/C27H34O3.C21H24O/c1-8-21-11-12-22(15-19(21)4)27(9-2,10-3)23-13-14-25(20(5)16-23)28-17-24-18-29-26(6,7)30-24;1-6-17-9-10-18(13-15(17)4)21(7-2,8-3)19-11-12-20(22)16(5)14-19/h1,11-16,24H,9-10,17-18H2,2-7H3;1,9-14,22H,7-8H2,2-5H3/t24-;/m1./s1. The molecule has 4 heteroatoms.